The summed E-state index contributed by atoms with van der Waals surface area (Å²) in [6, 6.07) is 0. The number of carbonyl (C=O) groups is 2. The predicted octanol–water partition coefficient (Wildman–Crippen LogP) is 2.02. The fourth-order valence-corrected chi connectivity index (χ4v) is 1.85. The minimum absolute atomic E-state index is 0.0494. The predicted molar refractivity (Wildman–Crippen MR) is 71.2 cm³/mol. The van der Waals surface area contributed by atoms with Crippen molar-refractivity contribution in [1.82, 2.24) is 14.7 Å². The Morgan fingerprint density at radius 2 is 2.05 bits per heavy atom. The maximum absolute atomic E-state index is 13.2. The second kappa shape index (κ2) is 7.14. The molecule has 0 aromatic carbocycles. The normalized spacial score (nSPS) is 11.2. The van der Waals surface area contributed by atoms with Crippen molar-refractivity contribution in [3.63, 3.8) is 0 Å². The average molecular weight is 303 g/mol. The number of carboxylic acid groups (broad SMARTS) is 1. The highest BCUT2D eigenvalue weighted by Crippen LogP contribution is 2.24. The molecule has 0 saturated carbocycles. The van der Waals surface area contributed by atoms with Crippen molar-refractivity contribution in [1.29, 1.82) is 0 Å². The average Bonchev–Trinajstić information content (AvgIpc) is 2.77. The molecule has 0 radical (unpaired) electrons. The van der Waals surface area contributed by atoms with Gasteiger partial charge in [0.2, 0.25) is 0 Å². The van der Waals surface area contributed by atoms with Crippen molar-refractivity contribution in [3.8, 4) is 0 Å². The summed E-state index contributed by atoms with van der Waals surface area (Å²) in [7, 11) is 1.38. The number of nitrogens with zero attached hydrogens (tertiary/aromatic N) is 3. The lowest BCUT2D eigenvalue weighted by molar-refractivity contribution is -0.137. The van der Waals surface area contributed by atoms with Gasteiger partial charge in [0, 0.05) is 20.1 Å². The zero-order valence-corrected chi connectivity index (χ0v) is 12.2. The molecule has 0 aliphatic rings. The second-order valence-corrected chi connectivity index (χ2v) is 5.19. The van der Waals surface area contributed by atoms with Gasteiger partial charge in [-0.3, -0.25) is 14.3 Å². The first-order valence-electron chi connectivity index (χ1n) is 6.55. The van der Waals surface area contributed by atoms with Gasteiger partial charge in [-0.25, -0.2) is 8.78 Å². The van der Waals surface area contributed by atoms with Crippen LogP contribution >= 0.6 is 0 Å². The van der Waals surface area contributed by atoms with Gasteiger partial charge < -0.3 is 10.0 Å². The monoisotopic (exact) mass is 303 g/mol. The van der Waals surface area contributed by atoms with E-state index in [9.17, 15) is 18.4 Å². The standard InChI is InChI=1S/C13H19F2N3O3/c1-8(2)7-18-11(12(14)15)9(6-16-18)13(21)17(3)5-4-10(19)20/h6,8,12H,4-5,7H2,1-3H3,(H,19,20). The SMILES string of the molecule is CC(C)Cn1ncc(C(=O)N(C)CCC(=O)O)c1C(F)F. The minimum Gasteiger partial charge on any atom is -0.481 e. The number of rotatable bonds is 7. The van der Waals surface area contributed by atoms with E-state index in [-0.39, 0.29) is 31.0 Å². The summed E-state index contributed by atoms with van der Waals surface area (Å²) in [5.41, 5.74) is -0.602. The molecule has 1 rings (SSSR count). The molecule has 8 heteroatoms. The summed E-state index contributed by atoms with van der Waals surface area (Å²) in [5, 5.41) is 12.4. The van der Waals surface area contributed by atoms with E-state index < -0.39 is 24.0 Å². The van der Waals surface area contributed by atoms with Crippen molar-refractivity contribution < 1.29 is 23.5 Å². The van der Waals surface area contributed by atoms with Gasteiger partial charge in [0.25, 0.3) is 12.3 Å². The molecule has 1 N–H and O–H groups in total. The van der Waals surface area contributed by atoms with Crippen LogP contribution in [0.2, 0.25) is 0 Å². The molecule has 1 aromatic rings. The summed E-state index contributed by atoms with van der Waals surface area (Å²) in [6.07, 6.45) is -1.95. The van der Waals surface area contributed by atoms with Crippen molar-refractivity contribution in [3.05, 3.63) is 17.5 Å². The molecule has 1 heterocycles. The van der Waals surface area contributed by atoms with Crippen LogP contribution in [0.25, 0.3) is 0 Å². The Bertz CT molecular complexity index is 515. The van der Waals surface area contributed by atoms with Crippen LogP contribution in [0.4, 0.5) is 8.78 Å². The molecule has 0 atom stereocenters. The molecule has 0 unspecified atom stereocenters. The van der Waals surface area contributed by atoms with Crippen LogP contribution < -0.4 is 0 Å². The van der Waals surface area contributed by atoms with Crippen LogP contribution in [0.1, 0.15) is 42.7 Å². The third kappa shape index (κ3) is 4.51. The van der Waals surface area contributed by atoms with Crippen LogP contribution in [0.5, 0.6) is 0 Å². The number of carboxylic acids is 1. The molecule has 0 aliphatic carbocycles. The summed E-state index contributed by atoms with van der Waals surface area (Å²) in [4.78, 5) is 23.7. The number of aliphatic carboxylic acids is 1. The van der Waals surface area contributed by atoms with Crippen molar-refractivity contribution in [2.24, 2.45) is 5.92 Å². The van der Waals surface area contributed by atoms with E-state index in [4.69, 9.17) is 5.11 Å². The molecule has 0 fully saturated rings. The molecular formula is C13H19F2N3O3. The molecule has 118 valence electrons. The van der Waals surface area contributed by atoms with Gasteiger partial charge >= 0.3 is 5.97 Å². The molecular weight excluding hydrogens is 284 g/mol. The van der Waals surface area contributed by atoms with Crippen molar-refractivity contribution >= 4 is 11.9 Å². The minimum atomic E-state index is -2.82. The third-order valence-electron chi connectivity index (χ3n) is 2.86. The Balaban J connectivity index is 2.98. The number of alkyl halides is 2. The van der Waals surface area contributed by atoms with Gasteiger partial charge in [-0.2, -0.15) is 5.10 Å². The number of hydrogen-bond donors (Lipinski definition) is 1. The number of aromatic nitrogens is 2. The first-order valence-corrected chi connectivity index (χ1v) is 6.55. The Morgan fingerprint density at radius 1 is 1.43 bits per heavy atom. The lowest BCUT2D eigenvalue weighted by atomic mass is 10.2. The summed E-state index contributed by atoms with van der Waals surface area (Å²) in [6.45, 7) is 3.95. The summed E-state index contributed by atoms with van der Waals surface area (Å²) < 4.78 is 27.5. The van der Waals surface area contributed by atoms with E-state index in [1.54, 1.807) is 0 Å². The first kappa shape index (κ1) is 17.1. The smallest absolute Gasteiger partial charge is 0.305 e. The molecule has 1 amide bonds. The Morgan fingerprint density at radius 3 is 2.52 bits per heavy atom. The van der Waals surface area contributed by atoms with E-state index in [2.05, 4.69) is 5.10 Å². The molecule has 0 bridgehead atoms. The Hall–Kier alpha value is -1.99. The van der Waals surface area contributed by atoms with Crippen molar-refractivity contribution in [2.75, 3.05) is 13.6 Å². The summed E-state index contributed by atoms with van der Waals surface area (Å²) >= 11 is 0. The quantitative estimate of drug-likeness (QED) is 0.836. The molecule has 6 nitrogen and oxygen atoms in total. The number of amides is 1. The highest BCUT2D eigenvalue weighted by molar-refractivity contribution is 5.95. The van der Waals surface area contributed by atoms with Gasteiger partial charge in [-0.1, -0.05) is 13.8 Å². The van der Waals surface area contributed by atoms with Crippen LogP contribution in [0.15, 0.2) is 6.20 Å². The molecule has 21 heavy (non-hydrogen) atoms. The highest BCUT2D eigenvalue weighted by Gasteiger charge is 2.26. The van der Waals surface area contributed by atoms with E-state index in [1.807, 2.05) is 13.8 Å². The first-order chi connectivity index (χ1) is 9.73. The zero-order valence-electron chi connectivity index (χ0n) is 12.2. The fraction of sp³-hybridized carbons (Fsp3) is 0.615. The van der Waals surface area contributed by atoms with Crippen LogP contribution in [0.3, 0.4) is 0 Å². The largest absolute Gasteiger partial charge is 0.481 e. The second-order valence-electron chi connectivity index (χ2n) is 5.19. The molecule has 1 aromatic heterocycles. The van der Waals surface area contributed by atoms with E-state index >= 15 is 0 Å². The molecule has 0 saturated heterocycles. The van der Waals surface area contributed by atoms with Crippen LogP contribution in [0, 0.1) is 5.92 Å². The highest BCUT2D eigenvalue weighted by atomic mass is 19.3. The lowest BCUT2D eigenvalue weighted by Crippen LogP contribution is -2.29. The fourth-order valence-electron chi connectivity index (χ4n) is 1.85. The van der Waals surface area contributed by atoms with Crippen LogP contribution in [-0.4, -0.2) is 45.3 Å². The Labute approximate surface area is 121 Å². The maximum Gasteiger partial charge on any atom is 0.305 e. The van der Waals surface area contributed by atoms with E-state index in [0.29, 0.717) is 0 Å². The van der Waals surface area contributed by atoms with Gasteiger partial charge in [0.15, 0.2) is 0 Å². The molecule has 0 spiro atoms. The van der Waals surface area contributed by atoms with Gasteiger partial charge in [0.1, 0.15) is 5.69 Å². The number of halogens is 2. The zero-order chi connectivity index (χ0) is 16.2. The van der Waals surface area contributed by atoms with Gasteiger partial charge in [-0.05, 0) is 5.92 Å². The van der Waals surface area contributed by atoms with Gasteiger partial charge in [0.05, 0.1) is 18.2 Å². The Kier molecular flexibility index (Phi) is 5.80. The topological polar surface area (TPSA) is 75.4 Å². The van der Waals surface area contributed by atoms with Crippen molar-refractivity contribution in [2.45, 2.75) is 33.2 Å². The number of hydrogen-bond acceptors (Lipinski definition) is 3. The summed E-state index contributed by atoms with van der Waals surface area (Å²) in [5.74, 6) is -1.60. The van der Waals surface area contributed by atoms with Gasteiger partial charge in [-0.15, -0.1) is 0 Å². The van der Waals surface area contributed by atoms with E-state index in [0.717, 1.165) is 15.8 Å². The van der Waals surface area contributed by atoms with Crippen LogP contribution in [-0.2, 0) is 11.3 Å². The lowest BCUT2D eigenvalue weighted by Gasteiger charge is -2.16. The third-order valence-corrected chi connectivity index (χ3v) is 2.86. The van der Waals surface area contributed by atoms with E-state index in [1.165, 1.54) is 7.05 Å². The maximum atomic E-state index is 13.2. The molecule has 0 aliphatic heterocycles. The number of carbonyl (C=O) groups excluding carboxylic acids is 1.